The Balaban J connectivity index is 1.82. The minimum Gasteiger partial charge on any atom is -0.479 e. The predicted molar refractivity (Wildman–Crippen MR) is 134 cm³/mol. The van der Waals surface area contributed by atoms with Gasteiger partial charge in [0.05, 0.1) is 5.60 Å². The van der Waals surface area contributed by atoms with Gasteiger partial charge >= 0.3 is 5.97 Å². The van der Waals surface area contributed by atoms with Crippen molar-refractivity contribution in [3.8, 4) is 0 Å². The summed E-state index contributed by atoms with van der Waals surface area (Å²) in [5.41, 5.74) is 4.00. The van der Waals surface area contributed by atoms with Crippen LogP contribution in [0, 0.1) is 12.8 Å². The van der Waals surface area contributed by atoms with Crippen molar-refractivity contribution in [1.82, 2.24) is 5.32 Å². The molecule has 2 fully saturated rings. The van der Waals surface area contributed by atoms with E-state index < -0.39 is 17.7 Å². The summed E-state index contributed by atoms with van der Waals surface area (Å²) in [5.74, 6) is -0.244. The lowest BCUT2D eigenvalue weighted by Crippen LogP contribution is -2.37. The van der Waals surface area contributed by atoms with E-state index in [0.717, 1.165) is 79.2 Å². The molecule has 5 heteroatoms. The van der Waals surface area contributed by atoms with E-state index in [2.05, 4.69) is 12.2 Å². The molecule has 3 aliphatic rings. The second-order valence-corrected chi connectivity index (χ2v) is 12.2. The van der Waals surface area contributed by atoms with Gasteiger partial charge in [-0.2, -0.15) is 0 Å². The minimum atomic E-state index is -1.03. The maximum atomic E-state index is 13.5. The third-order valence-corrected chi connectivity index (χ3v) is 8.44. The van der Waals surface area contributed by atoms with Crippen molar-refractivity contribution in [1.29, 1.82) is 0 Å². The molecule has 5 nitrogen and oxygen atoms in total. The first kappa shape index (κ1) is 25.2. The van der Waals surface area contributed by atoms with Crippen LogP contribution in [-0.4, -0.2) is 28.6 Å². The lowest BCUT2D eigenvalue weighted by molar-refractivity contribution is -0.160. The van der Waals surface area contributed by atoms with Gasteiger partial charge in [0.1, 0.15) is 0 Å². The zero-order valence-corrected chi connectivity index (χ0v) is 21.8. The Morgan fingerprint density at radius 2 is 1.74 bits per heavy atom. The first-order valence-corrected chi connectivity index (χ1v) is 13.4. The standard InChI is InChI=1S/C29H43NO4/c1-18-11-14-29(15-12-18)16-13-21-22(26(31)30-20-9-7-6-8-10-20)17-19(2)23(24(21)29)25(27(32)33)34-28(3,4)5/h17-18,20,25H,6-16H2,1-5H3,(H,30,31)(H,32,33)/t18?,25-,29?/m0/s1. The lowest BCUT2D eigenvalue weighted by Gasteiger charge is -2.40. The Morgan fingerprint density at radius 1 is 1.09 bits per heavy atom. The largest absolute Gasteiger partial charge is 0.479 e. The number of ether oxygens (including phenoxy) is 1. The summed E-state index contributed by atoms with van der Waals surface area (Å²) < 4.78 is 6.17. The number of nitrogens with one attached hydrogen (secondary N) is 1. The van der Waals surface area contributed by atoms with Gasteiger partial charge in [0.15, 0.2) is 6.10 Å². The van der Waals surface area contributed by atoms with E-state index in [1.807, 2.05) is 33.8 Å². The van der Waals surface area contributed by atoms with Crippen LogP contribution in [0.25, 0.3) is 0 Å². The SMILES string of the molecule is Cc1cc(C(=O)NC2CCCCC2)c2c(c1[C@H](OC(C)(C)C)C(=O)O)C1(CC2)CCC(C)CC1. The number of carboxylic acid groups (broad SMARTS) is 1. The number of aliphatic carboxylic acids is 1. The van der Waals surface area contributed by atoms with Crippen molar-refractivity contribution in [2.45, 2.75) is 128 Å². The smallest absolute Gasteiger partial charge is 0.337 e. The molecule has 1 spiro atoms. The molecule has 1 aromatic carbocycles. The molecular weight excluding hydrogens is 426 g/mol. The van der Waals surface area contributed by atoms with Gasteiger partial charge < -0.3 is 15.2 Å². The first-order chi connectivity index (χ1) is 16.0. The Labute approximate surface area is 205 Å². The topological polar surface area (TPSA) is 75.6 Å². The van der Waals surface area contributed by atoms with Gasteiger partial charge in [-0.15, -0.1) is 0 Å². The number of aryl methyl sites for hydroxylation is 1. The van der Waals surface area contributed by atoms with Crippen molar-refractivity contribution >= 4 is 11.9 Å². The Kier molecular flexibility index (Phi) is 7.15. The fourth-order valence-corrected chi connectivity index (χ4v) is 6.68. The average molecular weight is 470 g/mol. The van der Waals surface area contributed by atoms with Crippen molar-refractivity contribution in [2.75, 3.05) is 0 Å². The second-order valence-electron chi connectivity index (χ2n) is 12.2. The molecule has 0 unspecified atom stereocenters. The molecule has 0 saturated heterocycles. The third-order valence-electron chi connectivity index (χ3n) is 8.44. The number of carbonyl (C=O) groups is 2. The summed E-state index contributed by atoms with van der Waals surface area (Å²) in [7, 11) is 0. The van der Waals surface area contributed by atoms with Crippen LogP contribution in [0.2, 0.25) is 0 Å². The highest BCUT2D eigenvalue weighted by Crippen LogP contribution is 2.54. The quantitative estimate of drug-likeness (QED) is 0.524. The van der Waals surface area contributed by atoms with Crippen LogP contribution < -0.4 is 5.32 Å². The van der Waals surface area contributed by atoms with Crippen LogP contribution in [0.4, 0.5) is 0 Å². The van der Waals surface area contributed by atoms with Crippen molar-refractivity contribution in [2.24, 2.45) is 5.92 Å². The third kappa shape index (κ3) is 5.05. The molecule has 1 amide bonds. The predicted octanol–water partition coefficient (Wildman–Crippen LogP) is 6.39. The van der Waals surface area contributed by atoms with Gasteiger partial charge in [-0.1, -0.05) is 26.2 Å². The molecule has 0 radical (unpaired) electrons. The number of amides is 1. The number of rotatable bonds is 5. The van der Waals surface area contributed by atoms with Crippen LogP contribution in [-0.2, 0) is 21.4 Å². The summed E-state index contributed by atoms with van der Waals surface area (Å²) in [6, 6.07) is 2.19. The van der Waals surface area contributed by atoms with Crippen LogP contribution >= 0.6 is 0 Å². The van der Waals surface area contributed by atoms with Gasteiger partial charge in [-0.25, -0.2) is 4.79 Å². The Bertz CT molecular complexity index is 930. The van der Waals surface area contributed by atoms with E-state index in [9.17, 15) is 14.7 Å². The second kappa shape index (κ2) is 9.64. The molecule has 1 atom stereocenters. The number of hydrogen-bond donors (Lipinski definition) is 2. The Hall–Kier alpha value is -1.88. The summed E-state index contributed by atoms with van der Waals surface area (Å²) in [5, 5.41) is 13.6. The zero-order chi connectivity index (χ0) is 24.7. The minimum absolute atomic E-state index is 0.0163. The number of fused-ring (bicyclic) bond motifs is 2. The number of hydrogen-bond acceptors (Lipinski definition) is 3. The molecular formula is C29H43NO4. The molecule has 1 aromatic rings. The fraction of sp³-hybridized carbons (Fsp3) is 0.724. The van der Waals surface area contributed by atoms with Crippen LogP contribution in [0.5, 0.6) is 0 Å². The summed E-state index contributed by atoms with van der Waals surface area (Å²) in [4.78, 5) is 26.1. The molecule has 3 aliphatic carbocycles. The first-order valence-electron chi connectivity index (χ1n) is 13.4. The average Bonchev–Trinajstić information content (AvgIpc) is 3.13. The van der Waals surface area contributed by atoms with Crippen LogP contribution in [0.15, 0.2) is 6.07 Å². The van der Waals surface area contributed by atoms with E-state index in [0.29, 0.717) is 5.92 Å². The van der Waals surface area contributed by atoms with Gasteiger partial charge in [-0.3, -0.25) is 4.79 Å². The highest BCUT2D eigenvalue weighted by Gasteiger charge is 2.46. The van der Waals surface area contributed by atoms with Crippen molar-refractivity contribution < 1.29 is 19.4 Å². The maximum absolute atomic E-state index is 13.5. The maximum Gasteiger partial charge on any atom is 0.337 e. The summed E-state index contributed by atoms with van der Waals surface area (Å²) >= 11 is 0. The van der Waals surface area contributed by atoms with E-state index in [1.165, 1.54) is 19.3 Å². The van der Waals surface area contributed by atoms with E-state index in [1.54, 1.807) is 0 Å². The highest BCUT2D eigenvalue weighted by atomic mass is 16.5. The monoisotopic (exact) mass is 469 g/mol. The normalized spacial score (nSPS) is 26.3. The van der Waals surface area contributed by atoms with Gasteiger partial charge in [-0.05, 0) is 119 Å². The zero-order valence-electron chi connectivity index (χ0n) is 21.8. The van der Waals surface area contributed by atoms with Crippen LogP contribution in [0.1, 0.15) is 131 Å². The number of benzene rings is 1. The summed E-state index contributed by atoms with van der Waals surface area (Å²) in [6.07, 6.45) is 10.9. The van der Waals surface area contributed by atoms with E-state index in [-0.39, 0.29) is 17.4 Å². The number of carboxylic acids is 1. The molecule has 0 heterocycles. The van der Waals surface area contributed by atoms with Gasteiger partial charge in [0.25, 0.3) is 5.91 Å². The van der Waals surface area contributed by atoms with E-state index >= 15 is 0 Å². The van der Waals surface area contributed by atoms with Crippen molar-refractivity contribution in [3.63, 3.8) is 0 Å². The molecule has 2 saturated carbocycles. The van der Waals surface area contributed by atoms with Gasteiger partial charge in [0, 0.05) is 11.6 Å². The Morgan fingerprint density at radius 3 is 2.32 bits per heavy atom. The number of carbonyl (C=O) groups excluding carboxylic acids is 1. The highest BCUT2D eigenvalue weighted by molar-refractivity contribution is 5.97. The molecule has 0 aromatic heterocycles. The van der Waals surface area contributed by atoms with Gasteiger partial charge in [0.2, 0.25) is 0 Å². The molecule has 34 heavy (non-hydrogen) atoms. The van der Waals surface area contributed by atoms with Crippen LogP contribution in [0.3, 0.4) is 0 Å². The molecule has 188 valence electrons. The van der Waals surface area contributed by atoms with E-state index in [4.69, 9.17) is 4.74 Å². The molecule has 0 aliphatic heterocycles. The molecule has 4 rings (SSSR count). The lowest BCUT2D eigenvalue weighted by atomic mass is 9.65. The fourth-order valence-electron chi connectivity index (χ4n) is 6.68. The molecule has 0 bridgehead atoms. The molecule has 2 N–H and O–H groups in total. The summed E-state index contributed by atoms with van der Waals surface area (Å²) in [6.45, 7) is 9.99. The van der Waals surface area contributed by atoms with Crippen molar-refractivity contribution in [3.05, 3.63) is 33.9 Å².